The van der Waals surface area contributed by atoms with Gasteiger partial charge in [-0.1, -0.05) is 227 Å². The standard InChI is InChI=1S/C82H88BN3S/c1-76(2,3)53-30-37-65(59(44-53)51-26-20-18-21-27-51)84-68-50-58(86-67-39-32-56(79(10,11)12)47-62(67)81(16)42-24-25-43-82(81,86)17)34-35-63(68)83-64-36-41-72-73(61-46-55(78(7,8)9)33-40-71(61)87-72)75(64)85(70-49-57(80(13,14)15)48-69(84)74(70)83)66-38-31-54(77(4,5)6)45-60(66)52-28-22-19-23-29-52/h18-23,26-41,44-50H,24-25,42-43H2,1-17H3. The van der Waals surface area contributed by atoms with E-state index in [0.717, 1.165) is 6.42 Å². The Morgan fingerprint density at radius 3 is 1.46 bits per heavy atom. The highest BCUT2D eigenvalue weighted by molar-refractivity contribution is 7.26. The van der Waals surface area contributed by atoms with E-state index in [1.165, 1.54) is 157 Å². The van der Waals surface area contributed by atoms with Gasteiger partial charge in [-0.15, -0.1) is 11.3 Å². The molecule has 1 aliphatic carbocycles. The van der Waals surface area contributed by atoms with Crippen molar-refractivity contribution in [3.05, 3.63) is 209 Å². The Balaban J connectivity index is 1.14. The summed E-state index contributed by atoms with van der Waals surface area (Å²) in [4.78, 5) is 8.30. The molecular weight excluding hydrogens is 1070 g/mol. The van der Waals surface area contributed by atoms with Gasteiger partial charge in [0.25, 0.3) is 6.71 Å². The first kappa shape index (κ1) is 57.4. The quantitative estimate of drug-likeness (QED) is 0.159. The number of fused-ring (bicyclic) bond motifs is 11. The third-order valence-electron chi connectivity index (χ3n) is 21.0. The second-order valence-corrected chi connectivity index (χ2v) is 32.9. The van der Waals surface area contributed by atoms with Crippen molar-refractivity contribution in [1.29, 1.82) is 0 Å². The van der Waals surface area contributed by atoms with Crippen LogP contribution in [0.5, 0.6) is 0 Å². The topological polar surface area (TPSA) is 9.72 Å². The number of anilines is 8. The van der Waals surface area contributed by atoms with Gasteiger partial charge in [-0.2, -0.15) is 0 Å². The number of rotatable bonds is 5. The summed E-state index contributed by atoms with van der Waals surface area (Å²) in [6.07, 6.45) is 4.77. The molecule has 0 bridgehead atoms. The maximum absolute atomic E-state index is 2.82. The molecule has 0 spiro atoms. The lowest BCUT2D eigenvalue weighted by molar-refractivity contribution is 0.195. The molecule has 2 atom stereocenters. The fraction of sp³-hybridized carbons (Fsp3) is 0.341. The predicted molar refractivity (Wildman–Crippen MR) is 381 cm³/mol. The first-order valence-corrected chi connectivity index (χ1v) is 33.1. The normalized spacial score (nSPS) is 18.4. The predicted octanol–water partition coefficient (Wildman–Crippen LogP) is 21.7. The van der Waals surface area contributed by atoms with E-state index in [9.17, 15) is 0 Å². The van der Waals surface area contributed by atoms with E-state index in [0.29, 0.717) is 0 Å². The van der Waals surface area contributed by atoms with E-state index in [2.05, 4.69) is 308 Å². The summed E-state index contributed by atoms with van der Waals surface area (Å²) < 4.78 is 2.64. The summed E-state index contributed by atoms with van der Waals surface area (Å²) >= 11 is 1.94. The minimum absolute atomic E-state index is 0.0270. The van der Waals surface area contributed by atoms with E-state index in [-0.39, 0.29) is 44.7 Å². The second kappa shape index (κ2) is 19.6. The Morgan fingerprint density at radius 1 is 0.402 bits per heavy atom. The molecule has 0 radical (unpaired) electrons. The zero-order chi connectivity index (χ0) is 61.3. The number of nitrogens with zero attached hydrogens (tertiary/aromatic N) is 3. The molecule has 3 nitrogen and oxygen atoms in total. The highest BCUT2D eigenvalue weighted by Crippen LogP contribution is 2.62. The molecule has 0 amide bonds. The van der Waals surface area contributed by atoms with Crippen LogP contribution in [0, 0.1) is 0 Å². The van der Waals surface area contributed by atoms with Gasteiger partial charge >= 0.3 is 0 Å². The Labute approximate surface area is 524 Å². The molecule has 1 fully saturated rings. The second-order valence-electron chi connectivity index (χ2n) is 31.8. The third kappa shape index (κ3) is 9.00. The van der Waals surface area contributed by atoms with Crippen LogP contribution in [0.3, 0.4) is 0 Å². The maximum atomic E-state index is 2.82. The zero-order valence-electron chi connectivity index (χ0n) is 54.9. The zero-order valence-corrected chi connectivity index (χ0v) is 55.7. The van der Waals surface area contributed by atoms with Gasteiger partial charge < -0.3 is 14.7 Å². The number of benzene rings is 9. The number of thiophene rings is 1. The van der Waals surface area contributed by atoms with Gasteiger partial charge in [-0.3, -0.25) is 0 Å². The fourth-order valence-corrected chi connectivity index (χ4v) is 16.7. The van der Waals surface area contributed by atoms with Crippen LogP contribution >= 0.6 is 11.3 Å². The van der Waals surface area contributed by atoms with Crippen LogP contribution in [-0.2, 0) is 32.5 Å². The van der Waals surface area contributed by atoms with Crippen LogP contribution in [0.4, 0.5) is 45.5 Å². The molecule has 4 aliphatic rings. The van der Waals surface area contributed by atoms with Gasteiger partial charge in [-0.05, 0) is 181 Å². The van der Waals surface area contributed by atoms with Crippen LogP contribution in [0.1, 0.15) is 177 Å². The van der Waals surface area contributed by atoms with Gasteiger partial charge in [0.1, 0.15) is 0 Å². The van der Waals surface area contributed by atoms with Gasteiger partial charge in [-0.25, -0.2) is 0 Å². The third-order valence-corrected chi connectivity index (χ3v) is 22.1. The van der Waals surface area contributed by atoms with Gasteiger partial charge in [0.2, 0.25) is 0 Å². The van der Waals surface area contributed by atoms with Crippen molar-refractivity contribution in [2.75, 3.05) is 14.7 Å². The molecule has 1 aromatic heterocycles. The van der Waals surface area contributed by atoms with Crippen LogP contribution in [-0.4, -0.2) is 12.3 Å². The minimum Gasteiger partial charge on any atom is -0.334 e. The summed E-state index contributed by atoms with van der Waals surface area (Å²) in [5.74, 6) is 0. The number of hydrogen-bond acceptors (Lipinski definition) is 4. The molecular formula is C82H88BN3S. The maximum Gasteiger partial charge on any atom is 0.252 e. The van der Waals surface area contributed by atoms with E-state index < -0.39 is 0 Å². The summed E-state index contributed by atoms with van der Waals surface area (Å²) in [6, 6.07) is 70.0. The highest BCUT2D eigenvalue weighted by atomic mass is 32.1. The first-order valence-electron chi connectivity index (χ1n) is 32.3. The van der Waals surface area contributed by atoms with Crippen LogP contribution in [0.2, 0.25) is 0 Å². The molecule has 0 N–H and O–H groups in total. The average Bonchev–Trinajstić information content (AvgIpc) is 1.68. The molecule has 440 valence electrons. The van der Waals surface area contributed by atoms with E-state index in [1.54, 1.807) is 0 Å². The summed E-state index contributed by atoms with van der Waals surface area (Å²) in [5.41, 5.74) is 26.6. The molecule has 3 aliphatic heterocycles. The van der Waals surface area contributed by atoms with Crippen LogP contribution in [0.25, 0.3) is 42.4 Å². The SMILES string of the molecule is CC(C)(C)c1ccc(N2c3cc(N4c5ccc(C(C)(C)C)cc5C5(C)CCCCC45C)ccc3B3c4ccc5sc6ccc(C(C)(C)C)cc6c5c4N(c4ccc(C(C)(C)C)cc4-c4ccccc4)c4cc(C(C)(C)C)cc2c43)c(-c2ccccc2)c1. The van der Waals surface area contributed by atoms with Crippen LogP contribution < -0.4 is 31.1 Å². The largest absolute Gasteiger partial charge is 0.334 e. The van der Waals surface area contributed by atoms with Crippen molar-refractivity contribution in [2.24, 2.45) is 0 Å². The van der Waals surface area contributed by atoms with E-state index in [4.69, 9.17) is 0 Å². The average molecular weight is 1160 g/mol. The minimum atomic E-state index is -0.217. The molecule has 0 saturated heterocycles. The van der Waals surface area contributed by atoms with Crippen molar-refractivity contribution in [3.63, 3.8) is 0 Å². The summed E-state index contributed by atoms with van der Waals surface area (Å²) in [6.45, 7) is 40.6. The van der Waals surface area contributed by atoms with Crippen molar-refractivity contribution in [1.82, 2.24) is 0 Å². The van der Waals surface area contributed by atoms with Crippen molar-refractivity contribution in [3.8, 4) is 22.3 Å². The monoisotopic (exact) mass is 1160 g/mol. The molecule has 14 rings (SSSR count). The Morgan fingerprint density at radius 2 is 0.885 bits per heavy atom. The Bertz CT molecular complexity index is 4420. The van der Waals surface area contributed by atoms with Crippen molar-refractivity contribution < 1.29 is 0 Å². The lowest BCUT2D eigenvalue weighted by Gasteiger charge is -2.51. The van der Waals surface area contributed by atoms with Gasteiger partial charge in [0.15, 0.2) is 0 Å². The lowest BCUT2D eigenvalue weighted by Crippen LogP contribution is -2.61. The van der Waals surface area contributed by atoms with Gasteiger partial charge in [0.05, 0.1) is 22.6 Å². The van der Waals surface area contributed by atoms with E-state index >= 15 is 0 Å². The van der Waals surface area contributed by atoms with Crippen LogP contribution in [0.15, 0.2) is 176 Å². The molecule has 9 aromatic carbocycles. The van der Waals surface area contributed by atoms with Crippen molar-refractivity contribution >= 4 is 100 Å². The van der Waals surface area contributed by atoms with E-state index in [1.807, 2.05) is 11.3 Å². The fourth-order valence-electron chi connectivity index (χ4n) is 15.6. The molecule has 1 saturated carbocycles. The Hall–Kier alpha value is -7.34. The molecule has 5 heteroatoms. The van der Waals surface area contributed by atoms with Gasteiger partial charge in [0, 0.05) is 65.2 Å². The first-order chi connectivity index (χ1) is 41.0. The highest BCUT2D eigenvalue weighted by Gasteiger charge is 2.58. The summed E-state index contributed by atoms with van der Waals surface area (Å²) in [7, 11) is 0. The molecule has 87 heavy (non-hydrogen) atoms. The Kier molecular flexibility index (Phi) is 12.9. The lowest BCUT2D eigenvalue weighted by atomic mass is 9.33. The molecule has 10 aromatic rings. The molecule has 4 heterocycles. The molecule has 2 unspecified atom stereocenters. The summed E-state index contributed by atoms with van der Waals surface area (Å²) in [5, 5.41) is 2.67. The smallest absolute Gasteiger partial charge is 0.252 e. The van der Waals surface area contributed by atoms with Crippen molar-refractivity contribution in [2.45, 2.75) is 181 Å². The number of hydrogen-bond donors (Lipinski definition) is 0.